The van der Waals surface area contributed by atoms with Crippen molar-refractivity contribution in [1.82, 2.24) is 4.90 Å². The minimum atomic E-state index is 0.295. The van der Waals surface area contributed by atoms with E-state index in [1.165, 1.54) is 5.56 Å². The van der Waals surface area contributed by atoms with Crippen LogP contribution in [0.2, 0.25) is 0 Å². The number of likely N-dealkylation sites (tertiary alicyclic amines) is 1. The van der Waals surface area contributed by atoms with Gasteiger partial charge in [-0.15, -0.1) is 0 Å². The Bertz CT molecular complexity index is 559. The van der Waals surface area contributed by atoms with Gasteiger partial charge in [-0.05, 0) is 37.9 Å². The van der Waals surface area contributed by atoms with Crippen LogP contribution in [0.3, 0.4) is 0 Å². The molecule has 3 heteroatoms. The highest BCUT2D eigenvalue weighted by atomic mass is 16.3. The van der Waals surface area contributed by atoms with E-state index in [1.807, 2.05) is 6.07 Å². The van der Waals surface area contributed by atoms with Crippen LogP contribution in [-0.4, -0.2) is 29.7 Å². The standard InChI is InChI=1S/C17H21NO2/c1-13-2-4-15(5-3-13)17-7-6-16(20-17)11-18-9-8-14(10-18)12-19/h2-7,14,19H,8-12H2,1H3. The molecule has 1 aromatic carbocycles. The minimum Gasteiger partial charge on any atom is -0.460 e. The number of aryl methyl sites for hydroxylation is 1. The van der Waals surface area contributed by atoms with Crippen molar-refractivity contribution in [1.29, 1.82) is 0 Å². The molecule has 106 valence electrons. The number of aliphatic hydroxyl groups excluding tert-OH is 1. The summed E-state index contributed by atoms with van der Waals surface area (Å²) in [6, 6.07) is 12.5. The summed E-state index contributed by atoms with van der Waals surface area (Å²) in [5.41, 5.74) is 2.38. The molecule has 1 unspecified atom stereocenters. The van der Waals surface area contributed by atoms with Gasteiger partial charge in [0.15, 0.2) is 0 Å². The topological polar surface area (TPSA) is 36.6 Å². The van der Waals surface area contributed by atoms with Crippen LogP contribution in [0.15, 0.2) is 40.8 Å². The first-order valence-electron chi connectivity index (χ1n) is 7.23. The molecule has 3 nitrogen and oxygen atoms in total. The molecular formula is C17H21NO2. The molecule has 2 heterocycles. The van der Waals surface area contributed by atoms with Crippen LogP contribution in [-0.2, 0) is 6.54 Å². The van der Waals surface area contributed by atoms with Crippen LogP contribution in [0.25, 0.3) is 11.3 Å². The van der Waals surface area contributed by atoms with Crippen LogP contribution < -0.4 is 0 Å². The van der Waals surface area contributed by atoms with Gasteiger partial charge in [-0.1, -0.05) is 29.8 Å². The second-order valence-corrected chi connectivity index (χ2v) is 5.70. The molecule has 1 aliphatic rings. The lowest BCUT2D eigenvalue weighted by Gasteiger charge is -2.13. The van der Waals surface area contributed by atoms with Crippen molar-refractivity contribution in [2.45, 2.75) is 19.9 Å². The van der Waals surface area contributed by atoms with Crippen molar-refractivity contribution in [2.75, 3.05) is 19.7 Å². The zero-order valence-corrected chi connectivity index (χ0v) is 11.9. The Labute approximate surface area is 119 Å². The molecule has 1 atom stereocenters. The van der Waals surface area contributed by atoms with Gasteiger partial charge in [0.25, 0.3) is 0 Å². The van der Waals surface area contributed by atoms with Crippen molar-refractivity contribution in [3.05, 3.63) is 47.7 Å². The first kappa shape index (κ1) is 13.4. The van der Waals surface area contributed by atoms with Gasteiger partial charge in [0.1, 0.15) is 11.5 Å². The monoisotopic (exact) mass is 271 g/mol. The molecule has 1 aliphatic heterocycles. The maximum Gasteiger partial charge on any atom is 0.134 e. The van der Waals surface area contributed by atoms with E-state index in [0.29, 0.717) is 12.5 Å². The molecule has 1 fully saturated rings. The third kappa shape index (κ3) is 2.94. The van der Waals surface area contributed by atoms with Gasteiger partial charge < -0.3 is 9.52 Å². The lowest BCUT2D eigenvalue weighted by atomic mass is 10.1. The van der Waals surface area contributed by atoms with E-state index in [4.69, 9.17) is 4.42 Å². The molecule has 2 aromatic rings. The molecule has 1 N–H and O–H groups in total. The lowest BCUT2D eigenvalue weighted by Crippen LogP contribution is -2.20. The number of nitrogens with zero attached hydrogens (tertiary/aromatic N) is 1. The predicted octanol–water partition coefficient (Wildman–Crippen LogP) is 3.07. The largest absolute Gasteiger partial charge is 0.460 e. The maximum absolute atomic E-state index is 9.17. The van der Waals surface area contributed by atoms with Crippen LogP contribution in [0, 0.1) is 12.8 Å². The molecule has 0 aliphatic carbocycles. The highest BCUT2D eigenvalue weighted by Gasteiger charge is 2.22. The Hall–Kier alpha value is -1.58. The number of rotatable bonds is 4. The highest BCUT2D eigenvalue weighted by molar-refractivity contribution is 5.57. The fourth-order valence-electron chi connectivity index (χ4n) is 2.76. The van der Waals surface area contributed by atoms with Crippen molar-refractivity contribution in [2.24, 2.45) is 5.92 Å². The molecule has 0 bridgehead atoms. The van der Waals surface area contributed by atoms with Gasteiger partial charge in [-0.3, -0.25) is 4.90 Å². The number of aliphatic hydroxyl groups is 1. The quantitative estimate of drug-likeness (QED) is 0.928. The van der Waals surface area contributed by atoms with Gasteiger partial charge in [-0.25, -0.2) is 0 Å². The Morgan fingerprint density at radius 2 is 2.00 bits per heavy atom. The van der Waals surface area contributed by atoms with E-state index in [2.05, 4.69) is 42.2 Å². The summed E-state index contributed by atoms with van der Waals surface area (Å²) in [5, 5.41) is 9.17. The minimum absolute atomic E-state index is 0.295. The summed E-state index contributed by atoms with van der Waals surface area (Å²) in [4.78, 5) is 2.35. The SMILES string of the molecule is Cc1ccc(-c2ccc(CN3CCC(CO)C3)o2)cc1. The van der Waals surface area contributed by atoms with Crippen molar-refractivity contribution >= 4 is 0 Å². The molecular weight excluding hydrogens is 250 g/mol. The number of hydrogen-bond donors (Lipinski definition) is 1. The van der Waals surface area contributed by atoms with Gasteiger partial charge in [0, 0.05) is 18.7 Å². The summed E-state index contributed by atoms with van der Waals surface area (Å²) < 4.78 is 5.94. The normalized spacial score (nSPS) is 19.6. The Kier molecular flexibility index (Phi) is 3.90. The highest BCUT2D eigenvalue weighted by Crippen LogP contribution is 2.24. The fraction of sp³-hybridized carbons (Fsp3) is 0.412. The van der Waals surface area contributed by atoms with E-state index < -0.39 is 0 Å². The molecule has 0 radical (unpaired) electrons. The molecule has 1 aromatic heterocycles. The Morgan fingerprint density at radius 3 is 2.70 bits per heavy atom. The van der Waals surface area contributed by atoms with Crippen LogP contribution in [0.1, 0.15) is 17.7 Å². The van der Waals surface area contributed by atoms with Gasteiger partial charge in [-0.2, -0.15) is 0 Å². The number of furan rings is 1. The molecule has 3 rings (SSSR count). The fourth-order valence-corrected chi connectivity index (χ4v) is 2.76. The zero-order chi connectivity index (χ0) is 13.9. The lowest BCUT2D eigenvalue weighted by molar-refractivity contribution is 0.216. The molecule has 0 amide bonds. The predicted molar refractivity (Wildman–Crippen MR) is 79.4 cm³/mol. The first-order chi connectivity index (χ1) is 9.74. The Balaban J connectivity index is 1.66. The summed E-state index contributed by atoms with van der Waals surface area (Å²) >= 11 is 0. The summed E-state index contributed by atoms with van der Waals surface area (Å²) in [7, 11) is 0. The van der Waals surface area contributed by atoms with Crippen LogP contribution in [0.4, 0.5) is 0 Å². The summed E-state index contributed by atoms with van der Waals surface area (Å²) in [6.07, 6.45) is 1.09. The van der Waals surface area contributed by atoms with E-state index in [-0.39, 0.29) is 0 Å². The second-order valence-electron chi connectivity index (χ2n) is 5.70. The van der Waals surface area contributed by atoms with E-state index in [1.54, 1.807) is 0 Å². The molecule has 0 spiro atoms. The second kappa shape index (κ2) is 5.81. The van der Waals surface area contributed by atoms with E-state index in [0.717, 1.165) is 43.1 Å². The van der Waals surface area contributed by atoms with Crippen molar-refractivity contribution in [3.63, 3.8) is 0 Å². The number of benzene rings is 1. The van der Waals surface area contributed by atoms with E-state index in [9.17, 15) is 5.11 Å². The Morgan fingerprint density at radius 1 is 1.20 bits per heavy atom. The van der Waals surface area contributed by atoms with E-state index >= 15 is 0 Å². The molecule has 20 heavy (non-hydrogen) atoms. The molecule has 0 saturated carbocycles. The van der Waals surface area contributed by atoms with Gasteiger partial charge in [0.05, 0.1) is 6.54 Å². The summed E-state index contributed by atoms with van der Waals surface area (Å²) in [6.45, 7) is 5.23. The average molecular weight is 271 g/mol. The number of hydrogen-bond acceptors (Lipinski definition) is 3. The smallest absolute Gasteiger partial charge is 0.134 e. The van der Waals surface area contributed by atoms with Gasteiger partial charge >= 0.3 is 0 Å². The van der Waals surface area contributed by atoms with Crippen molar-refractivity contribution < 1.29 is 9.52 Å². The third-order valence-corrected chi connectivity index (χ3v) is 4.01. The van der Waals surface area contributed by atoms with Crippen LogP contribution >= 0.6 is 0 Å². The van der Waals surface area contributed by atoms with Crippen LogP contribution in [0.5, 0.6) is 0 Å². The zero-order valence-electron chi connectivity index (χ0n) is 11.9. The summed E-state index contributed by atoms with van der Waals surface area (Å²) in [5.74, 6) is 2.36. The average Bonchev–Trinajstić information content (AvgIpc) is 3.09. The van der Waals surface area contributed by atoms with Crippen molar-refractivity contribution in [3.8, 4) is 11.3 Å². The third-order valence-electron chi connectivity index (χ3n) is 4.01. The van der Waals surface area contributed by atoms with Gasteiger partial charge in [0.2, 0.25) is 0 Å². The maximum atomic E-state index is 9.17. The molecule has 1 saturated heterocycles. The first-order valence-corrected chi connectivity index (χ1v) is 7.23.